The first-order valence-corrected chi connectivity index (χ1v) is 6.67. The quantitative estimate of drug-likeness (QED) is 0.727. The van der Waals surface area contributed by atoms with E-state index in [9.17, 15) is 4.79 Å². The molecule has 0 radical (unpaired) electrons. The van der Waals surface area contributed by atoms with E-state index in [0.717, 1.165) is 26.1 Å². The maximum absolute atomic E-state index is 11.4. The zero-order valence-corrected chi connectivity index (χ0v) is 11.7. The molecule has 0 saturated carbocycles. The molecule has 0 aliphatic rings. The third-order valence-electron chi connectivity index (χ3n) is 3.00. The molecule has 0 fully saturated rings. The average molecular weight is 248 g/mol. The van der Waals surface area contributed by atoms with Gasteiger partial charge < -0.3 is 10.6 Å². The van der Waals surface area contributed by atoms with E-state index in [2.05, 4.69) is 49.6 Å². The molecule has 3 heteroatoms. The number of benzene rings is 1. The van der Waals surface area contributed by atoms with Crippen molar-refractivity contribution in [3.05, 3.63) is 34.9 Å². The van der Waals surface area contributed by atoms with Crippen LogP contribution < -0.4 is 10.6 Å². The van der Waals surface area contributed by atoms with Crippen molar-refractivity contribution in [2.45, 2.75) is 40.2 Å². The fourth-order valence-corrected chi connectivity index (χ4v) is 1.70. The van der Waals surface area contributed by atoms with Crippen LogP contribution in [0.4, 0.5) is 0 Å². The van der Waals surface area contributed by atoms with Crippen molar-refractivity contribution in [3.8, 4) is 0 Å². The van der Waals surface area contributed by atoms with Crippen LogP contribution in [0.15, 0.2) is 18.2 Å². The minimum atomic E-state index is 0.129. The monoisotopic (exact) mass is 248 g/mol. The lowest BCUT2D eigenvalue weighted by Crippen LogP contribution is -2.28. The first-order chi connectivity index (χ1) is 8.63. The number of carbonyl (C=O) groups excluding carboxylic acids is 1. The Kier molecular flexibility index (Phi) is 6.44. The first kappa shape index (κ1) is 14.7. The summed E-state index contributed by atoms with van der Waals surface area (Å²) in [5.74, 6) is 0.129. The molecule has 0 aliphatic carbocycles. The Hall–Kier alpha value is -1.35. The fourth-order valence-electron chi connectivity index (χ4n) is 1.70. The number of amides is 1. The highest BCUT2D eigenvalue weighted by Crippen LogP contribution is 2.09. The van der Waals surface area contributed by atoms with Crippen molar-refractivity contribution in [2.75, 3.05) is 13.1 Å². The van der Waals surface area contributed by atoms with E-state index in [-0.39, 0.29) is 5.91 Å². The SMILES string of the molecule is CCCNC(=O)CCNCc1ccc(C)c(C)c1. The molecule has 1 amide bonds. The summed E-state index contributed by atoms with van der Waals surface area (Å²) in [7, 11) is 0. The van der Waals surface area contributed by atoms with Crippen molar-refractivity contribution >= 4 is 5.91 Å². The van der Waals surface area contributed by atoms with E-state index in [0.29, 0.717) is 6.42 Å². The summed E-state index contributed by atoms with van der Waals surface area (Å²) in [6.07, 6.45) is 1.53. The third-order valence-corrected chi connectivity index (χ3v) is 3.00. The number of nitrogens with one attached hydrogen (secondary N) is 2. The zero-order chi connectivity index (χ0) is 13.4. The second-order valence-corrected chi connectivity index (χ2v) is 4.70. The van der Waals surface area contributed by atoms with Crippen molar-refractivity contribution in [2.24, 2.45) is 0 Å². The smallest absolute Gasteiger partial charge is 0.221 e. The highest BCUT2D eigenvalue weighted by molar-refractivity contribution is 5.75. The molecule has 0 aliphatic heterocycles. The molecule has 1 aromatic carbocycles. The van der Waals surface area contributed by atoms with Crippen molar-refractivity contribution in [3.63, 3.8) is 0 Å². The molecule has 100 valence electrons. The number of hydrogen-bond donors (Lipinski definition) is 2. The van der Waals surface area contributed by atoms with Crippen LogP contribution in [0.5, 0.6) is 0 Å². The fraction of sp³-hybridized carbons (Fsp3) is 0.533. The topological polar surface area (TPSA) is 41.1 Å². The van der Waals surface area contributed by atoms with Crippen LogP contribution in [0.25, 0.3) is 0 Å². The second kappa shape index (κ2) is 7.88. The van der Waals surface area contributed by atoms with E-state index in [1.54, 1.807) is 0 Å². The van der Waals surface area contributed by atoms with Crippen LogP contribution in [0.3, 0.4) is 0 Å². The summed E-state index contributed by atoms with van der Waals surface area (Å²) in [6, 6.07) is 6.46. The molecule has 0 spiro atoms. The second-order valence-electron chi connectivity index (χ2n) is 4.70. The molecule has 2 N–H and O–H groups in total. The predicted octanol–water partition coefficient (Wildman–Crippen LogP) is 2.31. The Balaban J connectivity index is 2.21. The highest BCUT2D eigenvalue weighted by Gasteiger charge is 2.00. The number of carbonyl (C=O) groups is 1. The van der Waals surface area contributed by atoms with Gasteiger partial charge in [-0.25, -0.2) is 0 Å². The lowest BCUT2D eigenvalue weighted by Gasteiger charge is -2.07. The summed E-state index contributed by atoms with van der Waals surface area (Å²) in [5.41, 5.74) is 3.90. The number of hydrogen-bond acceptors (Lipinski definition) is 2. The molecule has 1 rings (SSSR count). The molecule has 0 saturated heterocycles. The first-order valence-electron chi connectivity index (χ1n) is 6.67. The number of rotatable bonds is 7. The van der Waals surface area contributed by atoms with E-state index in [4.69, 9.17) is 0 Å². The Morgan fingerprint density at radius 3 is 2.61 bits per heavy atom. The molecule has 0 bridgehead atoms. The van der Waals surface area contributed by atoms with Crippen molar-refractivity contribution in [1.82, 2.24) is 10.6 Å². The highest BCUT2D eigenvalue weighted by atomic mass is 16.1. The molecular formula is C15H24N2O. The summed E-state index contributed by atoms with van der Waals surface area (Å²) >= 11 is 0. The lowest BCUT2D eigenvalue weighted by atomic mass is 10.1. The molecule has 0 heterocycles. The molecular weight excluding hydrogens is 224 g/mol. The van der Waals surface area contributed by atoms with Gasteiger partial charge in [-0.05, 0) is 37.0 Å². The number of aryl methyl sites for hydroxylation is 2. The van der Waals surface area contributed by atoms with E-state index < -0.39 is 0 Å². The van der Waals surface area contributed by atoms with Gasteiger partial charge in [0.05, 0.1) is 0 Å². The van der Waals surface area contributed by atoms with E-state index in [1.165, 1.54) is 16.7 Å². The predicted molar refractivity (Wildman–Crippen MR) is 75.5 cm³/mol. The largest absolute Gasteiger partial charge is 0.356 e. The van der Waals surface area contributed by atoms with Gasteiger partial charge in [-0.15, -0.1) is 0 Å². The maximum Gasteiger partial charge on any atom is 0.221 e. The normalized spacial score (nSPS) is 10.4. The summed E-state index contributed by atoms with van der Waals surface area (Å²) in [4.78, 5) is 11.4. The zero-order valence-electron chi connectivity index (χ0n) is 11.7. The Morgan fingerprint density at radius 1 is 1.17 bits per heavy atom. The van der Waals surface area contributed by atoms with Gasteiger partial charge in [0.25, 0.3) is 0 Å². The minimum absolute atomic E-state index is 0.129. The maximum atomic E-state index is 11.4. The Bertz CT molecular complexity index is 388. The van der Waals surface area contributed by atoms with Gasteiger partial charge in [0, 0.05) is 26.1 Å². The molecule has 0 atom stereocenters. The van der Waals surface area contributed by atoms with Crippen LogP contribution in [-0.2, 0) is 11.3 Å². The van der Waals surface area contributed by atoms with Crippen LogP contribution in [0.2, 0.25) is 0 Å². The molecule has 3 nitrogen and oxygen atoms in total. The molecule has 18 heavy (non-hydrogen) atoms. The van der Waals surface area contributed by atoms with E-state index >= 15 is 0 Å². The molecule has 0 aromatic heterocycles. The Labute approximate surface area is 110 Å². The lowest BCUT2D eigenvalue weighted by molar-refractivity contribution is -0.120. The van der Waals surface area contributed by atoms with Crippen LogP contribution in [0, 0.1) is 13.8 Å². The molecule has 0 unspecified atom stereocenters. The summed E-state index contributed by atoms with van der Waals surface area (Å²) in [6.45, 7) is 8.61. The summed E-state index contributed by atoms with van der Waals surface area (Å²) in [5, 5.41) is 6.16. The van der Waals surface area contributed by atoms with Crippen molar-refractivity contribution in [1.29, 1.82) is 0 Å². The van der Waals surface area contributed by atoms with Crippen LogP contribution >= 0.6 is 0 Å². The molecule has 1 aromatic rings. The van der Waals surface area contributed by atoms with Gasteiger partial charge >= 0.3 is 0 Å². The van der Waals surface area contributed by atoms with Gasteiger partial charge in [-0.3, -0.25) is 4.79 Å². The average Bonchev–Trinajstić information content (AvgIpc) is 2.36. The van der Waals surface area contributed by atoms with Gasteiger partial charge in [-0.1, -0.05) is 25.1 Å². The standard InChI is InChI=1S/C15H24N2O/c1-4-8-17-15(18)7-9-16-11-14-6-5-12(2)13(3)10-14/h5-6,10,16H,4,7-9,11H2,1-3H3,(H,17,18). The van der Waals surface area contributed by atoms with Gasteiger partial charge in [0.15, 0.2) is 0 Å². The third kappa shape index (κ3) is 5.32. The van der Waals surface area contributed by atoms with Crippen molar-refractivity contribution < 1.29 is 4.79 Å². The van der Waals surface area contributed by atoms with Gasteiger partial charge in [0.1, 0.15) is 0 Å². The van der Waals surface area contributed by atoms with Crippen LogP contribution in [-0.4, -0.2) is 19.0 Å². The van der Waals surface area contributed by atoms with Gasteiger partial charge in [-0.2, -0.15) is 0 Å². The van der Waals surface area contributed by atoms with E-state index in [1.807, 2.05) is 0 Å². The Morgan fingerprint density at radius 2 is 1.94 bits per heavy atom. The van der Waals surface area contributed by atoms with Gasteiger partial charge in [0.2, 0.25) is 5.91 Å². The minimum Gasteiger partial charge on any atom is -0.356 e. The summed E-state index contributed by atoms with van der Waals surface area (Å²) < 4.78 is 0. The van der Waals surface area contributed by atoms with Crippen LogP contribution in [0.1, 0.15) is 36.5 Å².